The van der Waals surface area contributed by atoms with Crippen LogP contribution in [0.15, 0.2) is 24.3 Å². The molecule has 20 heavy (non-hydrogen) atoms. The molecule has 0 amide bonds. The van der Waals surface area contributed by atoms with Crippen molar-refractivity contribution in [3.63, 3.8) is 0 Å². The summed E-state index contributed by atoms with van der Waals surface area (Å²) >= 11 is 6.15. The maximum atomic E-state index is 12.8. The van der Waals surface area contributed by atoms with Gasteiger partial charge in [0.1, 0.15) is 0 Å². The summed E-state index contributed by atoms with van der Waals surface area (Å²) in [5, 5.41) is 0.433. The smallest absolute Gasteiger partial charge is 0.195 e. The third kappa shape index (κ3) is 2.44. The highest BCUT2D eigenvalue weighted by Gasteiger charge is 2.19. The van der Waals surface area contributed by atoms with Crippen LogP contribution in [0.2, 0.25) is 5.02 Å². The van der Waals surface area contributed by atoms with Crippen LogP contribution in [-0.4, -0.2) is 5.78 Å². The first kappa shape index (κ1) is 14.6. The van der Waals surface area contributed by atoms with Gasteiger partial charge in [-0.2, -0.15) is 0 Å². The first-order valence-corrected chi connectivity index (χ1v) is 6.88. The van der Waals surface area contributed by atoms with Crippen molar-refractivity contribution in [3.8, 4) is 0 Å². The van der Waals surface area contributed by atoms with Gasteiger partial charge in [0.05, 0.1) is 5.02 Å². The monoisotopic (exact) mass is 287 g/mol. The van der Waals surface area contributed by atoms with Crippen LogP contribution in [0.4, 0.5) is 5.69 Å². The normalized spacial score (nSPS) is 10.7. The molecule has 0 bridgehead atoms. The molecule has 0 aliphatic heterocycles. The van der Waals surface area contributed by atoms with Gasteiger partial charge in [0.2, 0.25) is 0 Å². The van der Waals surface area contributed by atoms with Crippen LogP contribution in [0, 0.1) is 27.7 Å². The lowest BCUT2D eigenvalue weighted by atomic mass is 9.89. The Hall–Kier alpha value is -1.80. The summed E-state index contributed by atoms with van der Waals surface area (Å²) in [6, 6.07) is 7.10. The molecule has 0 aromatic heterocycles. The highest BCUT2D eigenvalue weighted by Crippen LogP contribution is 2.28. The third-order valence-corrected chi connectivity index (χ3v) is 4.16. The zero-order valence-corrected chi connectivity index (χ0v) is 12.9. The molecule has 2 rings (SSSR count). The molecule has 0 saturated heterocycles. The summed E-state index contributed by atoms with van der Waals surface area (Å²) in [5.41, 5.74) is 11.7. The van der Waals surface area contributed by atoms with E-state index in [0.29, 0.717) is 16.3 Å². The quantitative estimate of drug-likeness (QED) is 0.658. The fourth-order valence-electron chi connectivity index (χ4n) is 2.41. The number of aryl methyl sites for hydroxylation is 2. The Morgan fingerprint density at radius 1 is 1.00 bits per heavy atom. The highest BCUT2D eigenvalue weighted by molar-refractivity contribution is 6.35. The van der Waals surface area contributed by atoms with E-state index in [4.69, 9.17) is 17.3 Å². The van der Waals surface area contributed by atoms with Gasteiger partial charge < -0.3 is 5.73 Å². The van der Waals surface area contributed by atoms with Crippen molar-refractivity contribution in [1.29, 1.82) is 0 Å². The second kappa shape index (κ2) is 5.29. The van der Waals surface area contributed by atoms with Crippen molar-refractivity contribution in [1.82, 2.24) is 0 Å². The van der Waals surface area contributed by atoms with Crippen molar-refractivity contribution in [3.05, 3.63) is 62.7 Å². The van der Waals surface area contributed by atoms with Crippen LogP contribution >= 0.6 is 11.6 Å². The molecular weight excluding hydrogens is 270 g/mol. The lowest BCUT2D eigenvalue weighted by molar-refractivity contribution is 0.103. The van der Waals surface area contributed by atoms with Crippen molar-refractivity contribution in [2.24, 2.45) is 0 Å². The van der Waals surface area contributed by atoms with Crippen LogP contribution in [-0.2, 0) is 0 Å². The SMILES string of the molecule is Cc1cc(C)c(C)c(C(=O)c2cc(N)ccc2Cl)c1C. The molecule has 3 heteroatoms. The molecule has 0 fully saturated rings. The van der Waals surface area contributed by atoms with Gasteiger partial charge in [-0.25, -0.2) is 0 Å². The highest BCUT2D eigenvalue weighted by atomic mass is 35.5. The van der Waals surface area contributed by atoms with E-state index >= 15 is 0 Å². The Balaban J connectivity index is 2.68. The minimum Gasteiger partial charge on any atom is -0.399 e. The van der Waals surface area contributed by atoms with Crippen LogP contribution in [0.5, 0.6) is 0 Å². The Morgan fingerprint density at radius 2 is 1.55 bits per heavy atom. The van der Waals surface area contributed by atoms with E-state index in [2.05, 4.69) is 6.07 Å². The van der Waals surface area contributed by atoms with Crippen LogP contribution in [0.1, 0.15) is 38.2 Å². The molecular formula is C17H18ClNO. The number of nitrogens with two attached hydrogens (primary N) is 1. The molecule has 0 atom stereocenters. The van der Waals surface area contributed by atoms with Gasteiger partial charge in [-0.3, -0.25) is 4.79 Å². The van der Waals surface area contributed by atoms with Gasteiger partial charge in [-0.05, 0) is 68.1 Å². The van der Waals surface area contributed by atoms with Crippen molar-refractivity contribution >= 4 is 23.1 Å². The molecule has 2 nitrogen and oxygen atoms in total. The number of rotatable bonds is 2. The summed E-state index contributed by atoms with van der Waals surface area (Å²) in [6.07, 6.45) is 0. The molecule has 0 heterocycles. The Morgan fingerprint density at radius 3 is 2.10 bits per heavy atom. The number of ketones is 1. The first-order valence-electron chi connectivity index (χ1n) is 6.50. The minimum atomic E-state index is -0.0656. The number of halogens is 1. The predicted molar refractivity (Wildman–Crippen MR) is 84.7 cm³/mol. The number of carbonyl (C=O) groups is 1. The van der Waals surface area contributed by atoms with E-state index in [1.165, 1.54) is 0 Å². The van der Waals surface area contributed by atoms with E-state index in [1.54, 1.807) is 18.2 Å². The standard InChI is InChI=1S/C17H18ClNO/c1-9-7-10(2)12(4)16(11(9)3)17(20)14-8-13(19)5-6-15(14)18/h5-8H,19H2,1-4H3. The number of carbonyl (C=O) groups excluding carboxylic acids is 1. The van der Waals surface area contributed by atoms with Crippen molar-refractivity contribution in [2.45, 2.75) is 27.7 Å². The van der Waals surface area contributed by atoms with E-state index in [1.807, 2.05) is 27.7 Å². The zero-order valence-electron chi connectivity index (χ0n) is 12.2. The fraction of sp³-hybridized carbons (Fsp3) is 0.235. The average molecular weight is 288 g/mol. The van der Waals surface area contributed by atoms with Gasteiger partial charge in [0, 0.05) is 16.8 Å². The first-order chi connectivity index (χ1) is 9.32. The molecule has 0 unspecified atom stereocenters. The molecule has 0 aliphatic carbocycles. The average Bonchev–Trinajstić information content (AvgIpc) is 2.39. The second-order valence-corrected chi connectivity index (χ2v) is 5.61. The Labute approximate surface area is 124 Å². The Bertz CT molecular complexity index is 678. The number of anilines is 1. The lowest BCUT2D eigenvalue weighted by Gasteiger charge is -2.15. The van der Waals surface area contributed by atoms with Gasteiger partial charge in [0.25, 0.3) is 0 Å². The van der Waals surface area contributed by atoms with E-state index in [0.717, 1.165) is 27.8 Å². The Kier molecular flexibility index (Phi) is 3.87. The van der Waals surface area contributed by atoms with E-state index in [-0.39, 0.29) is 5.78 Å². The molecule has 2 aromatic rings. The van der Waals surface area contributed by atoms with Gasteiger partial charge in [0.15, 0.2) is 5.78 Å². The summed E-state index contributed by atoms with van der Waals surface area (Å²) in [7, 11) is 0. The maximum Gasteiger partial charge on any atom is 0.195 e. The van der Waals surface area contributed by atoms with Gasteiger partial charge in [-0.1, -0.05) is 17.7 Å². The van der Waals surface area contributed by atoms with Crippen LogP contribution in [0.25, 0.3) is 0 Å². The lowest BCUT2D eigenvalue weighted by Crippen LogP contribution is -2.10. The molecule has 0 spiro atoms. The van der Waals surface area contributed by atoms with E-state index in [9.17, 15) is 4.79 Å². The van der Waals surface area contributed by atoms with Crippen molar-refractivity contribution in [2.75, 3.05) is 5.73 Å². The summed E-state index contributed by atoms with van der Waals surface area (Å²) < 4.78 is 0. The van der Waals surface area contributed by atoms with Gasteiger partial charge in [-0.15, -0.1) is 0 Å². The van der Waals surface area contributed by atoms with Crippen LogP contribution in [0.3, 0.4) is 0 Å². The fourth-order valence-corrected chi connectivity index (χ4v) is 2.61. The maximum absolute atomic E-state index is 12.8. The number of hydrogen-bond donors (Lipinski definition) is 1. The number of hydrogen-bond acceptors (Lipinski definition) is 2. The topological polar surface area (TPSA) is 43.1 Å². The van der Waals surface area contributed by atoms with Gasteiger partial charge >= 0.3 is 0 Å². The summed E-state index contributed by atoms with van der Waals surface area (Å²) in [4.78, 5) is 12.8. The van der Waals surface area contributed by atoms with Crippen molar-refractivity contribution < 1.29 is 4.79 Å². The molecule has 0 saturated carbocycles. The third-order valence-electron chi connectivity index (χ3n) is 3.83. The summed E-state index contributed by atoms with van der Waals surface area (Å²) in [5.74, 6) is -0.0656. The number of nitrogen functional groups attached to an aromatic ring is 1. The largest absolute Gasteiger partial charge is 0.399 e. The summed E-state index contributed by atoms with van der Waals surface area (Å²) in [6.45, 7) is 7.96. The van der Waals surface area contributed by atoms with Crippen LogP contribution < -0.4 is 5.73 Å². The van der Waals surface area contributed by atoms with E-state index < -0.39 is 0 Å². The minimum absolute atomic E-state index is 0.0656. The predicted octanol–water partition coefficient (Wildman–Crippen LogP) is 4.39. The number of benzene rings is 2. The molecule has 0 aliphatic rings. The molecule has 0 radical (unpaired) electrons. The zero-order chi connectivity index (χ0) is 15.0. The molecule has 2 aromatic carbocycles. The molecule has 104 valence electrons. The second-order valence-electron chi connectivity index (χ2n) is 5.20. The molecule has 2 N–H and O–H groups in total.